The molecule has 0 fully saturated rings. The fraction of sp³-hybridized carbons (Fsp3) is 0. The summed E-state index contributed by atoms with van der Waals surface area (Å²) in [7, 11) is 0. The van der Waals surface area contributed by atoms with Crippen LogP contribution in [-0.4, -0.2) is 0 Å². The van der Waals surface area contributed by atoms with Gasteiger partial charge >= 0.3 is 0 Å². The Bertz CT molecular complexity index is 3130. The molecule has 258 valence electrons. The highest BCUT2D eigenvalue weighted by molar-refractivity contribution is 6.28. The van der Waals surface area contributed by atoms with E-state index in [9.17, 15) is 0 Å². The maximum atomic E-state index is 7.36. The normalized spacial score (nSPS) is 11.6. The predicted molar refractivity (Wildman–Crippen MR) is 237 cm³/mol. The summed E-state index contributed by atoms with van der Waals surface area (Å²) in [5, 5.41) is 7.55. The predicted octanol–water partition coefficient (Wildman–Crippen LogP) is 15.7. The maximum Gasteiger partial charge on any atom is 0.187 e. The van der Waals surface area contributed by atoms with Crippen LogP contribution in [-0.2, 0) is 0 Å². The van der Waals surface area contributed by atoms with E-state index in [4.69, 9.17) is 6.57 Å². The van der Waals surface area contributed by atoms with Crippen molar-refractivity contribution in [3.05, 3.63) is 212 Å². The van der Waals surface area contributed by atoms with Gasteiger partial charge < -0.3 is 0 Å². The summed E-state index contributed by atoms with van der Waals surface area (Å²) in [5.74, 6) is 0. The van der Waals surface area contributed by atoms with Crippen molar-refractivity contribution >= 4 is 38.0 Å². The van der Waals surface area contributed by atoms with E-state index in [0.29, 0.717) is 5.69 Å². The summed E-state index contributed by atoms with van der Waals surface area (Å²) < 4.78 is 0. The minimum absolute atomic E-state index is 0.653. The van der Waals surface area contributed by atoms with Gasteiger partial charge in [0, 0.05) is 0 Å². The van der Waals surface area contributed by atoms with Crippen LogP contribution in [0, 0.1) is 6.57 Å². The van der Waals surface area contributed by atoms with Crippen LogP contribution in [0.3, 0.4) is 0 Å². The van der Waals surface area contributed by atoms with Gasteiger partial charge in [0.2, 0.25) is 0 Å². The van der Waals surface area contributed by atoms with Gasteiger partial charge in [0.1, 0.15) is 0 Å². The quantitative estimate of drug-likeness (QED) is 0.157. The van der Waals surface area contributed by atoms with Gasteiger partial charge in [0.15, 0.2) is 5.69 Å². The summed E-state index contributed by atoms with van der Waals surface area (Å²) in [5.41, 5.74) is 18.0. The van der Waals surface area contributed by atoms with Crippen LogP contribution in [0.25, 0.3) is 115 Å². The Kier molecular flexibility index (Phi) is 7.31. The molecule has 0 saturated heterocycles. The van der Waals surface area contributed by atoms with E-state index in [1.807, 2.05) is 24.3 Å². The molecule has 1 heteroatoms. The summed E-state index contributed by atoms with van der Waals surface area (Å²) in [6.45, 7) is 7.36. The molecule has 10 aromatic carbocycles. The SMILES string of the molecule is [C-]#[N+]c1ccc(-c2ccccc2-c2ccc3cc(-c4ccc5c6c(cccc46)-c4c-5c(-c5ccccc5)c5ccccc5c4-c4ccccc4)ccc3c2)cc1. The molecule has 0 heterocycles. The van der Waals surface area contributed by atoms with Crippen LogP contribution in [0.4, 0.5) is 5.69 Å². The summed E-state index contributed by atoms with van der Waals surface area (Å²) in [6.07, 6.45) is 0. The molecule has 0 amide bonds. The molecular formula is C55H33N. The Labute approximate surface area is 326 Å². The van der Waals surface area contributed by atoms with Crippen LogP contribution < -0.4 is 0 Å². The summed E-state index contributed by atoms with van der Waals surface area (Å²) in [6, 6.07) is 72.5. The van der Waals surface area contributed by atoms with Gasteiger partial charge in [-0.05, 0) is 122 Å². The molecule has 0 radical (unpaired) electrons. The third-order valence-corrected chi connectivity index (χ3v) is 11.6. The summed E-state index contributed by atoms with van der Waals surface area (Å²) >= 11 is 0. The second kappa shape index (κ2) is 12.8. The van der Waals surface area contributed by atoms with Crippen molar-refractivity contribution in [2.45, 2.75) is 0 Å². The zero-order chi connectivity index (χ0) is 37.2. The Morgan fingerprint density at radius 2 is 0.732 bits per heavy atom. The molecule has 0 bridgehead atoms. The van der Waals surface area contributed by atoms with Crippen LogP contribution in [0.15, 0.2) is 200 Å². The number of benzene rings is 10. The third kappa shape index (κ3) is 4.94. The zero-order valence-corrected chi connectivity index (χ0v) is 30.5. The second-order valence-corrected chi connectivity index (χ2v) is 14.6. The lowest BCUT2D eigenvalue weighted by Gasteiger charge is -2.20. The number of hydrogen-bond acceptors (Lipinski definition) is 0. The van der Waals surface area contributed by atoms with E-state index < -0.39 is 0 Å². The van der Waals surface area contributed by atoms with Crippen molar-refractivity contribution in [2.75, 3.05) is 0 Å². The standard InChI is InChI=1S/C55H33N/c1-56-42-29-27-35(28-30-42)43-17-8-9-18-44(43)40-25-23-39-34-41(26-24-38(39)33-40)45-31-32-50-53-46(45)21-12-22-49(53)54-51(36-13-4-2-5-14-36)47-19-10-11-20-48(47)52(55(50)54)37-15-6-3-7-16-37/h2-34H. The molecule has 0 aromatic heterocycles. The van der Waals surface area contributed by atoms with E-state index in [0.717, 1.165) is 11.1 Å². The van der Waals surface area contributed by atoms with E-state index in [2.05, 4.69) is 181 Å². The van der Waals surface area contributed by atoms with Gasteiger partial charge in [-0.25, -0.2) is 4.85 Å². The fourth-order valence-corrected chi connectivity index (χ4v) is 9.14. The van der Waals surface area contributed by atoms with Crippen LogP contribution in [0.2, 0.25) is 0 Å². The van der Waals surface area contributed by atoms with Crippen LogP contribution in [0.5, 0.6) is 0 Å². The molecule has 1 aliphatic rings. The monoisotopic (exact) mass is 707 g/mol. The Morgan fingerprint density at radius 3 is 1.32 bits per heavy atom. The highest BCUT2D eigenvalue weighted by atomic mass is 14.6. The minimum atomic E-state index is 0.653. The fourth-order valence-electron chi connectivity index (χ4n) is 9.14. The first-order valence-corrected chi connectivity index (χ1v) is 19.1. The number of nitrogens with zero attached hydrogens (tertiary/aromatic N) is 1. The van der Waals surface area contributed by atoms with Crippen LogP contribution >= 0.6 is 0 Å². The maximum absolute atomic E-state index is 7.36. The lowest BCUT2D eigenvalue weighted by molar-refractivity contribution is 1.59. The van der Waals surface area contributed by atoms with Crippen molar-refractivity contribution in [3.8, 4) is 77.9 Å². The van der Waals surface area contributed by atoms with Gasteiger partial charge in [-0.15, -0.1) is 0 Å². The molecule has 0 spiro atoms. The average Bonchev–Trinajstić information content (AvgIpc) is 3.60. The lowest BCUT2D eigenvalue weighted by atomic mass is 9.82. The van der Waals surface area contributed by atoms with Gasteiger partial charge in [-0.2, -0.15) is 0 Å². The topological polar surface area (TPSA) is 4.36 Å². The van der Waals surface area contributed by atoms with E-state index in [1.54, 1.807) is 0 Å². The molecule has 0 N–H and O–H groups in total. The molecule has 1 aliphatic carbocycles. The van der Waals surface area contributed by atoms with E-state index in [-0.39, 0.29) is 0 Å². The molecule has 0 unspecified atom stereocenters. The second-order valence-electron chi connectivity index (χ2n) is 14.6. The van der Waals surface area contributed by atoms with Gasteiger partial charge in [0.25, 0.3) is 0 Å². The molecule has 1 nitrogen and oxygen atoms in total. The average molecular weight is 708 g/mol. The van der Waals surface area contributed by atoms with Gasteiger partial charge in [-0.1, -0.05) is 188 Å². The van der Waals surface area contributed by atoms with Crippen molar-refractivity contribution in [3.63, 3.8) is 0 Å². The van der Waals surface area contributed by atoms with Crippen molar-refractivity contribution in [1.29, 1.82) is 0 Å². The van der Waals surface area contributed by atoms with E-state index >= 15 is 0 Å². The van der Waals surface area contributed by atoms with Crippen LogP contribution in [0.1, 0.15) is 0 Å². The highest BCUT2D eigenvalue weighted by Crippen LogP contribution is 2.58. The number of fused-ring (bicyclic) bond motifs is 5. The Balaban J connectivity index is 1.08. The zero-order valence-electron chi connectivity index (χ0n) is 30.5. The van der Waals surface area contributed by atoms with Gasteiger partial charge in [0.05, 0.1) is 6.57 Å². The highest BCUT2D eigenvalue weighted by Gasteiger charge is 2.31. The number of rotatable bonds is 5. The Hall–Kier alpha value is -7.53. The summed E-state index contributed by atoms with van der Waals surface area (Å²) in [4.78, 5) is 3.58. The molecule has 0 aliphatic heterocycles. The number of hydrogen-bond donors (Lipinski definition) is 0. The van der Waals surface area contributed by atoms with E-state index in [1.165, 1.54) is 99.1 Å². The first-order valence-electron chi connectivity index (χ1n) is 19.1. The van der Waals surface area contributed by atoms with Crippen molar-refractivity contribution in [2.24, 2.45) is 0 Å². The first-order chi connectivity index (χ1) is 27.7. The smallest absolute Gasteiger partial charge is 0.187 e. The van der Waals surface area contributed by atoms with Crippen molar-refractivity contribution in [1.82, 2.24) is 0 Å². The molecule has 10 aromatic rings. The largest absolute Gasteiger partial charge is 0.238 e. The molecular weight excluding hydrogens is 675 g/mol. The lowest BCUT2D eigenvalue weighted by Crippen LogP contribution is -1.93. The molecule has 0 saturated carbocycles. The molecule has 11 rings (SSSR count). The Morgan fingerprint density at radius 1 is 0.286 bits per heavy atom. The third-order valence-electron chi connectivity index (χ3n) is 11.6. The molecule has 0 atom stereocenters. The molecule has 56 heavy (non-hydrogen) atoms. The van der Waals surface area contributed by atoms with Gasteiger partial charge in [-0.3, -0.25) is 0 Å². The first kappa shape index (κ1) is 31.9. The van der Waals surface area contributed by atoms with Crippen molar-refractivity contribution < 1.29 is 0 Å². The minimum Gasteiger partial charge on any atom is -0.238 e.